The van der Waals surface area contributed by atoms with E-state index in [1.807, 2.05) is 0 Å². The molecule has 0 aromatic rings. The van der Waals surface area contributed by atoms with Crippen LogP contribution in [0.4, 0.5) is 0 Å². The van der Waals surface area contributed by atoms with Gasteiger partial charge >= 0.3 is 0 Å². The van der Waals surface area contributed by atoms with Gasteiger partial charge in [-0.3, -0.25) is 0 Å². The molecule has 0 amide bonds. The number of hydrogen-bond donors (Lipinski definition) is 3. The molecular formula is C6H18N2O3SSi. The quantitative estimate of drug-likeness (QED) is 0.523. The van der Waals surface area contributed by atoms with Crippen LogP contribution < -0.4 is 9.44 Å². The lowest BCUT2D eigenvalue weighted by Gasteiger charge is -2.16. The Morgan fingerprint density at radius 3 is 2.15 bits per heavy atom. The molecular weight excluding hydrogens is 208 g/mol. The molecule has 13 heavy (non-hydrogen) atoms. The van der Waals surface area contributed by atoms with Crippen LogP contribution in [0.25, 0.3) is 0 Å². The van der Waals surface area contributed by atoms with Crippen LogP contribution in [-0.4, -0.2) is 40.9 Å². The Morgan fingerprint density at radius 2 is 1.77 bits per heavy atom. The van der Waals surface area contributed by atoms with Crippen molar-refractivity contribution in [1.82, 2.24) is 9.44 Å². The maximum Gasteiger partial charge on any atom is 0.276 e. The number of hydrogen-bond acceptors (Lipinski definition) is 3. The summed E-state index contributed by atoms with van der Waals surface area (Å²) < 4.78 is 26.9. The average Bonchev–Trinajstić information content (AvgIpc) is 1.97. The van der Waals surface area contributed by atoms with Crippen LogP contribution >= 0.6 is 0 Å². The van der Waals surface area contributed by atoms with E-state index < -0.39 is 18.3 Å². The summed E-state index contributed by atoms with van der Waals surface area (Å²) in [6.45, 7) is 6.08. The molecule has 0 aromatic carbocycles. The first-order chi connectivity index (χ1) is 5.77. The van der Waals surface area contributed by atoms with Crippen molar-refractivity contribution in [3.8, 4) is 0 Å². The molecule has 0 saturated heterocycles. The van der Waals surface area contributed by atoms with Gasteiger partial charge in [-0.25, -0.2) is 9.44 Å². The first-order valence-electron chi connectivity index (χ1n) is 4.12. The van der Waals surface area contributed by atoms with Crippen molar-refractivity contribution in [3.05, 3.63) is 0 Å². The normalized spacial score (nSPS) is 13.2. The van der Waals surface area contributed by atoms with Crippen LogP contribution in [0.15, 0.2) is 0 Å². The molecule has 0 radical (unpaired) electrons. The molecule has 0 heterocycles. The lowest BCUT2D eigenvalue weighted by atomic mass is 10.8. The first kappa shape index (κ1) is 13.0. The number of aliphatic hydroxyl groups excluding tert-OH is 1. The highest BCUT2D eigenvalue weighted by molar-refractivity contribution is 7.87. The number of aliphatic hydroxyl groups is 1. The Kier molecular flexibility index (Phi) is 5.08. The average molecular weight is 226 g/mol. The minimum Gasteiger partial charge on any atom is -0.395 e. The summed E-state index contributed by atoms with van der Waals surface area (Å²) in [4.78, 5) is 0. The van der Waals surface area contributed by atoms with E-state index in [-0.39, 0.29) is 13.2 Å². The highest BCUT2D eigenvalue weighted by Crippen LogP contribution is 1.97. The Balaban J connectivity index is 3.91. The summed E-state index contributed by atoms with van der Waals surface area (Å²) >= 11 is 0. The van der Waals surface area contributed by atoms with E-state index in [9.17, 15) is 8.42 Å². The smallest absolute Gasteiger partial charge is 0.276 e. The van der Waals surface area contributed by atoms with Crippen LogP contribution in [0.3, 0.4) is 0 Å². The van der Waals surface area contributed by atoms with Crippen molar-refractivity contribution in [2.24, 2.45) is 0 Å². The molecule has 0 unspecified atom stereocenters. The molecule has 0 aliphatic carbocycles. The van der Waals surface area contributed by atoms with Gasteiger partial charge in [-0.2, -0.15) is 8.42 Å². The largest absolute Gasteiger partial charge is 0.395 e. The van der Waals surface area contributed by atoms with Gasteiger partial charge in [0.25, 0.3) is 10.2 Å². The molecule has 3 N–H and O–H groups in total. The zero-order valence-corrected chi connectivity index (χ0v) is 10.1. The van der Waals surface area contributed by atoms with Gasteiger partial charge in [0, 0.05) is 12.7 Å². The Bertz CT molecular complexity index is 235. The SMILES string of the molecule is C[Si](C)(C)CNS(=O)(=O)NCCO. The third-order valence-electron chi connectivity index (χ3n) is 1.20. The zero-order valence-electron chi connectivity index (χ0n) is 8.29. The second kappa shape index (κ2) is 5.06. The predicted molar refractivity (Wildman–Crippen MR) is 55.4 cm³/mol. The molecule has 5 nitrogen and oxygen atoms in total. The third kappa shape index (κ3) is 8.38. The molecule has 0 atom stereocenters. The molecule has 0 fully saturated rings. The van der Waals surface area contributed by atoms with E-state index in [0.717, 1.165) is 0 Å². The summed E-state index contributed by atoms with van der Waals surface area (Å²) in [5.41, 5.74) is 0. The third-order valence-corrected chi connectivity index (χ3v) is 3.80. The summed E-state index contributed by atoms with van der Waals surface area (Å²) in [5, 5.41) is 8.41. The second-order valence-electron chi connectivity index (χ2n) is 4.00. The van der Waals surface area contributed by atoms with Crippen LogP contribution in [-0.2, 0) is 10.2 Å². The molecule has 0 rings (SSSR count). The topological polar surface area (TPSA) is 78.4 Å². The highest BCUT2D eigenvalue weighted by atomic mass is 32.2. The molecule has 0 aliphatic heterocycles. The van der Waals surface area contributed by atoms with Gasteiger partial charge in [-0.05, 0) is 0 Å². The van der Waals surface area contributed by atoms with Crippen molar-refractivity contribution in [1.29, 1.82) is 0 Å². The van der Waals surface area contributed by atoms with E-state index in [0.29, 0.717) is 6.17 Å². The molecule has 0 saturated carbocycles. The van der Waals surface area contributed by atoms with E-state index in [1.165, 1.54) is 0 Å². The van der Waals surface area contributed by atoms with Crippen LogP contribution in [0, 0.1) is 0 Å². The van der Waals surface area contributed by atoms with Gasteiger partial charge in [0.15, 0.2) is 0 Å². The summed E-state index contributed by atoms with van der Waals surface area (Å²) in [6, 6.07) is 0. The fourth-order valence-corrected chi connectivity index (χ4v) is 3.50. The summed E-state index contributed by atoms with van der Waals surface area (Å²) in [6.07, 6.45) is 0.508. The predicted octanol–water partition coefficient (Wildman–Crippen LogP) is -0.720. The fourth-order valence-electron chi connectivity index (χ4n) is 0.543. The molecule has 7 heteroatoms. The monoisotopic (exact) mass is 226 g/mol. The van der Waals surface area contributed by atoms with E-state index >= 15 is 0 Å². The van der Waals surface area contributed by atoms with Crippen molar-refractivity contribution in [2.45, 2.75) is 19.6 Å². The summed E-state index contributed by atoms with van der Waals surface area (Å²) in [7, 11) is -4.80. The first-order valence-corrected chi connectivity index (χ1v) is 9.31. The molecule has 0 spiro atoms. The van der Waals surface area contributed by atoms with Crippen molar-refractivity contribution in [3.63, 3.8) is 0 Å². The molecule has 0 aliphatic rings. The maximum absolute atomic E-state index is 11.1. The van der Waals surface area contributed by atoms with Crippen LogP contribution in [0.5, 0.6) is 0 Å². The fraction of sp³-hybridized carbons (Fsp3) is 1.00. The van der Waals surface area contributed by atoms with Gasteiger partial charge in [-0.1, -0.05) is 19.6 Å². The molecule has 0 aromatic heterocycles. The Hall–Kier alpha value is 0.0469. The standard InChI is InChI=1S/C6H18N2O3SSi/c1-13(2,3)6-8-12(10,11)7-4-5-9/h7-9H,4-6H2,1-3H3. The molecule has 80 valence electrons. The second-order valence-corrected chi connectivity index (χ2v) is 11.1. The highest BCUT2D eigenvalue weighted by Gasteiger charge is 2.17. The van der Waals surface area contributed by atoms with Gasteiger partial charge < -0.3 is 5.11 Å². The zero-order chi connectivity index (χ0) is 10.5. The minimum atomic E-state index is -3.40. The number of rotatable bonds is 6. The van der Waals surface area contributed by atoms with E-state index in [1.54, 1.807) is 0 Å². The molecule has 0 bridgehead atoms. The van der Waals surface area contributed by atoms with Crippen molar-refractivity contribution < 1.29 is 13.5 Å². The Labute approximate surface area is 80.7 Å². The lowest BCUT2D eigenvalue weighted by Crippen LogP contribution is -2.45. The van der Waals surface area contributed by atoms with Crippen molar-refractivity contribution in [2.75, 3.05) is 19.3 Å². The maximum atomic E-state index is 11.1. The van der Waals surface area contributed by atoms with E-state index in [4.69, 9.17) is 5.11 Å². The van der Waals surface area contributed by atoms with E-state index in [2.05, 4.69) is 29.1 Å². The van der Waals surface area contributed by atoms with Gasteiger partial charge in [0.05, 0.1) is 14.7 Å². The van der Waals surface area contributed by atoms with Crippen molar-refractivity contribution >= 4 is 18.3 Å². The lowest BCUT2D eigenvalue weighted by molar-refractivity contribution is 0.300. The summed E-state index contributed by atoms with van der Waals surface area (Å²) in [5.74, 6) is 0. The number of nitrogens with one attached hydrogen (secondary N) is 2. The Morgan fingerprint density at radius 1 is 1.23 bits per heavy atom. The van der Waals surface area contributed by atoms with Crippen LogP contribution in [0.1, 0.15) is 0 Å². The van der Waals surface area contributed by atoms with Gasteiger partial charge in [0.2, 0.25) is 0 Å². The minimum absolute atomic E-state index is 0.0566. The van der Waals surface area contributed by atoms with Crippen LogP contribution in [0.2, 0.25) is 19.6 Å². The van der Waals surface area contributed by atoms with Gasteiger partial charge in [-0.15, -0.1) is 0 Å². The van der Waals surface area contributed by atoms with Gasteiger partial charge in [0.1, 0.15) is 0 Å².